The number of halogens is 3. The maximum absolute atomic E-state index is 12.0. The summed E-state index contributed by atoms with van der Waals surface area (Å²) in [6.45, 7) is 3.37. The van der Waals surface area contributed by atoms with Gasteiger partial charge in [0, 0.05) is 13.1 Å². The third kappa shape index (κ3) is 2.63. The van der Waals surface area contributed by atoms with Crippen LogP contribution in [0.25, 0.3) is 0 Å². The van der Waals surface area contributed by atoms with Crippen molar-refractivity contribution in [3.63, 3.8) is 0 Å². The monoisotopic (exact) mass is 263 g/mol. The van der Waals surface area contributed by atoms with Crippen molar-refractivity contribution in [1.29, 1.82) is 0 Å². The third-order valence-electron chi connectivity index (χ3n) is 2.62. The van der Waals surface area contributed by atoms with E-state index >= 15 is 0 Å². The lowest BCUT2D eigenvalue weighted by atomic mass is 10.2. The van der Waals surface area contributed by atoms with Gasteiger partial charge in [-0.25, -0.2) is 4.79 Å². The molecule has 0 amide bonds. The minimum Gasteiger partial charge on any atom is -0.449 e. The molecule has 0 aromatic carbocycles. The number of fused-ring (bicyclic) bond motifs is 1. The predicted molar refractivity (Wildman–Crippen MR) is 54.5 cm³/mol. The lowest BCUT2D eigenvalue weighted by molar-refractivity contribution is -0.204. The Bertz CT molecular complexity index is 432. The molecule has 5 nitrogen and oxygen atoms in total. The molecule has 0 fully saturated rings. The number of aromatic nitrogens is 2. The first-order chi connectivity index (χ1) is 8.38. The molecule has 2 rings (SSSR count). The van der Waals surface area contributed by atoms with Crippen molar-refractivity contribution in [3.05, 3.63) is 17.5 Å². The van der Waals surface area contributed by atoms with Gasteiger partial charge in [0.15, 0.2) is 0 Å². The SMILES string of the molecule is CC(OC(=O)C(F)(F)F)c1cc2n(n1)CCNC2. The normalized spacial score (nSPS) is 17.1. The zero-order chi connectivity index (χ0) is 13.3. The number of carbonyl (C=O) groups is 1. The Morgan fingerprint density at radius 2 is 2.33 bits per heavy atom. The molecule has 8 heteroatoms. The minimum atomic E-state index is -4.98. The Hall–Kier alpha value is -1.57. The number of carbonyl (C=O) groups excluding carboxylic acids is 1. The highest BCUT2D eigenvalue weighted by atomic mass is 19.4. The van der Waals surface area contributed by atoms with E-state index in [0.717, 1.165) is 12.2 Å². The molecule has 0 saturated heterocycles. The molecule has 1 aliphatic heterocycles. The van der Waals surface area contributed by atoms with Crippen molar-refractivity contribution >= 4 is 5.97 Å². The van der Waals surface area contributed by atoms with Gasteiger partial charge in [-0.05, 0) is 13.0 Å². The van der Waals surface area contributed by atoms with Gasteiger partial charge in [-0.1, -0.05) is 0 Å². The van der Waals surface area contributed by atoms with Crippen LogP contribution in [0.3, 0.4) is 0 Å². The number of nitrogens with one attached hydrogen (secondary N) is 1. The van der Waals surface area contributed by atoms with Gasteiger partial charge in [-0.2, -0.15) is 18.3 Å². The summed E-state index contributed by atoms with van der Waals surface area (Å²) in [5.74, 6) is -2.20. The van der Waals surface area contributed by atoms with Crippen molar-refractivity contribution in [2.45, 2.75) is 32.3 Å². The summed E-state index contributed by atoms with van der Waals surface area (Å²) in [5.41, 5.74) is 1.19. The van der Waals surface area contributed by atoms with Gasteiger partial charge in [-0.15, -0.1) is 0 Å². The topological polar surface area (TPSA) is 56.2 Å². The van der Waals surface area contributed by atoms with Gasteiger partial charge in [0.2, 0.25) is 0 Å². The van der Waals surface area contributed by atoms with Crippen LogP contribution in [0, 0.1) is 0 Å². The minimum absolute atomic E-state index is 0.325. The number of alkyl halides is 3. The van der Waals surface area contributed by atoms with Crippen LogP contribution in [0.2, 0.25) is 0 Å². The molecule has 1 aromatic heterocycles. The van der Waals surface area contributed by atoms with E-state index in [1.807, 2.05) is 0 Å². The van der Waals surface area contributed by atoms with Crippen molar-refractivity contribution < 1.29 is 22.7 Å². The molecule has 0 radical (unpaired) electrons. The van der Waals surface area contributed by atoms with Crippen LogP contribution in [0.15, 0.2) is 6.07 Å². The van der Waals surface area contributed by atoms with Gasteiger partial charge in [-0.3, -0.25) is 4.68 Å². The number of hydrogen-bond donors (Lipinski definition) is 1. The zero-order valence-corrected chi connectivity index (χ0v) is 9.62. The summed E-state index contributed by atoms with van der Waals surface area (Å²) in [6, 6.07) is 1.64. The smallest absolute Gasteiger partial charge is 0.449 e. The summed E-state index contributed by atoms with van der Waals surface area (Å²) < 4.78 is 42.1. The first-order valence-electron chi connectivity index (χ1n) is 5.43. The van der Waals surface area contributed by atoms with E-state index in [1.54, 1.807) is 10.7 Å². The molecular weight excluding hydrogens is 251 g/mol. The molecule has 100 valence electrons. The highest BCUT2D eigenvalue weighted by Crippen LogP contribution is 2.23. The Morgan fingerprint density at radius 1 is 1.61 bits per heavy atom. The van der Waals surface area contributed by atoms with Crippen molar-refractivity contribution in [2.75, 3.05) is 6.54 Å². The van der Waals surface area contributed by atoms with Crippen LogP contribution in [0.5, 0.6) is 0 Å². The molecule has 0 bridgehead atoms. The van der Waals surface area contributed by atoms with Gasteiger partial charge in [0.1, 0.15) is 11.8 Å². The highest BCUT2D eigenvalue weighted by molar-refractivity contribution is 5.75. The molecule has 1 N–H and O–H groups in total. The second-order valence-electron chi connectivity index (χ2n) is 4.01. The first-order valence-corrected chi connectivity index (χ1v) is 5.43. The van der Waals surface area contributed by atoms with Gasteiger partial charge in [0.05, 0.1) is 12.2 Å². The first kappa shape index (κ1) is 12.9. The standard InChI is InChI=1S/C10H12F3N3O2/c1-6(18-9(17)10(11,12)13)8-4-7-5-14-2-3-16(7)15-8/h4,6,14H,2-3,5H2,1H3. The van der Waals surface area contributed by atoms with E-state index in [0.29, 0.717) is 18.8 Å². The average Bonchev–Trinajstić information content (AvgIpc) is 2.71. The molecule has 0 saturated carbocycles. The van der Waals surface area contributed by atoms with Crippen molar-refractivity contribution in [3.8, 4) is 0 Å². The summed E-state index contributed by atoms with van der Waals surface area (Å²) in [6.07, 6.45) is -5.99. The van der Waals surface area contributed by atoms with Crippen molar-refractivity contribution in [2.24, 2.45) is 0 Å². The molecule has 0 aliphatic carbocycles. The van der Waals surface area contributed by atoms with E-state index in [2.05, 4.69) is 15.2 Å². The third-order valence-corrected chi connectivity index (χ3v) is 2.62. The number of nitrogens with zero attached hydrogens (tertiary/aromatic N) is 2. The maximum Gasteiger partial charge on any atom is 0.490 e. The van der Waals surface area contributed by atoms with E-state index < -0.39 is 18.2 Å². The molecule has 0 spiro atoms. The average molecular weight is 263 g/mol. The summed E-state index contributed by atoms with van der Waals surface area (Å²) in [4.78, 5) is 10.7. The number of esters is 1. The van der Waals surface area contributed by atoms with Crippen LogP contribution >= 0.6 is 0 Å². The lowest BCUT2D eigenvalue weighted by Gasteiger charge is -2.14. The van der Waals surface area contributed by atoms with Crippen LogP contribution in [-0.2, 0) is 22.6 Å². The largest absolute Gasteiger partial charge is 0.490 e. The molecule has 1 atom stereocenters. The van der Waals surface area contributed by atoms with Gasteiger partial charge in [0.25, 0.3) is 0 Å². The molecule has 1 aliphatic rings. The Morgan fingerprint density at radius 3 is 2.94 bits per heavy atom. The lowest BCUT2D eigenvalue weighted by Crippen LogP contribution is -2.28. The fourth-order valence-corrected chi connectivity index (χ4v) is 1.70. The zero-order valence-electron chi connectivity index (χ0n) is 9.62. The quantitative estimate of drug-likeness (QED) is 0.813. The fourth-order valence-electron chi connectivity index (χ4n) is 1.70. The summed E-state index contributed by atoms with van der Waals surface area (Å²) >= 11 is 0. The Kier molecular flexibility index (Phi) is 3.29. The molecule has 2 heterocycles. The number of ether oxygens (including phenoxy) is 1. The van der Waals surface area contributed by atoms with E-state index in [4.69, 9.17) is 0 Å². The predicted octanol–water partition coefficient (Wildman–Crippen LogP) is 1.15. The summed E-state index contributed by atoms with van der Waals surface area (Å²) in [5, 5.41) is 7.23. The van der Waals surface area contributed by atoms with Gasteiger partial charge < -0.3 is 10.1 Å². The van der Waals surface area contributed by atoms with Crippen molar-refractivity contribution in [1.82, 2.24) is 15.1 Å². The summed E-state index contributed by atoms with van der Waals surface area (Å²) in [7, 11) is 0. The van der Waals surface area contributed by atoms with Crippen LogP contribution < -0.4 is 5.32 Å². The van der Waals surface area contributed by atoms with E-state index in [1.165, 1.54) is 6.92 Å². The van der Waals surface area contributed by atoms with Gasteiger partial charge >= 0.3 is 12.1 Å². The molecule has 1 aromatic rings. The number of rotatable bonds is 2. The second-order valence-corrected chi connectivity index (χ2v) is 4.01. The fraction of sp³-hybridized carbons (Fsp3) is 0.600. The Labute approximate surface area is 101 Å². The van der Waals surface area contributed by atoms with Crippen LogP contribution in [-0.4, -0.2) is 28.5 Å². The van der Waals surface area contributed by atoms with Crippen LogP contribution in [0.4, 0.5) is 13.2 Å². The van der Waals surface area contributed by atoms with E-state index in [-0.39, 0.29) is 0 Å². The number of hydrogen-bond acceptors (Lipinski definition) is 4. The molecular formula is C10H12F3N3O2. The molecule has 18 heavy (non-hydrogen) atoms. The molecule has 1 unspecified atom stereocenters. The Balaban J connectivity index is 2.07. The van der Waals surface area contributed by atoms with Crippen LogP contribution in [0.1, 0.15) is 24.4 Å². The maximum atomic E-state index is 12.0. The van der Waals surface area contributed by atoms with E-state index in [9.17, 15) is 18.0 Å². The second kappa shape index (κ2) is 4.60. The highest BCUT2D eigenvalue weighted by Gasteiger charge is 2.42.